The quantitative estimate of drug-likeness (QED) is 0.727. The zero-order valence-electron chi connectivity index (χ0n) is 12.4. The molecular weight excluding hydrogens is 300 g/mol. The van der Waals surface area contributed by atoms with Gasteiger partial charge in [-0.1, -0.05) is 49.7 Å². The summed E-state index contributed by atoms with van der Waals surface area (Å²) in [5, 5.41) is 0. The maximum absolute atomic E-state index is 11.2. The van der Waals surface area contributed by atoms with Gasteiger partial charge >= 0.3 is 10.4 Å². The molecule has 116 valence electrons. The molecule has 0 saturated heterocycles. The van der Waals surface area contributed by atoms with Crippen molar-refractivity contribution in [2.75, 3.05) is 0 Å². The van der Waals surface area contributed by atoms with Gasteiger partial charge in [0.05, 0.1) is 0 Å². The Hall–Kier alpha value is -1.85. The Labute approximate surface area is 130 Å². The Morgan fingerprint density at radius 3 is 2.64 bits per heavy atom. The lowest BCUT2D eigenvalue weighted by Gasteiger charge is -2.13. The minimum atomic E-state index is -4.53. The van der Waals surface area contributed by atoms with Crippen molar-refractivity contribution in [3.8, 4) is 16.9 Å². The smallest absolute Gasteiger partial charge is 0.361 e. The summed E-state index contributed by atoms with van der Waals surface area (Å²) in [4.78, 5) is 0. The van der Waals surface area contributed by atoms with Crippen molar-refractivity contribution in [2.24, 2.45) is 0 Å². The maximum atomic E-state index is 11.2. The number of benzene rings is 2. The van der Waals surface area contributed by atoms with Crippen LogP contribution in [0.1, 0.15) is 36.5 Å². The first kappa shape index (κ1) is 15.1. The molecule has 0 radical (unpaired) electrons. The molecule has 0 atom stereocenters. The summed E-state index contributed by atoms with van der Waals surface area (Å²) >= 11 is 0. The predicted octanol–water partition coefficient (Wildman–Crippen LogP) is 3.78. The molecule has 1 aliphatic carbocycles. The van der Waals surface area contributed by atoms with E-state index in [0.29, 0.717) is 12.2 Å². The standard InChI is InChI=1S/C17H18O4S/c1-2-3-6-12-9-10-15-14-8-5-4-7-13(14)11-16(15)17(12)21-22(18,19)20/h4-5,7-10H,2-3,6,11H2,1H3,(H,18,19,20). The van der Waals surface area contributed by atoms with Gasteiger partial charge in [0.2, 0.25) is 0 Å². The fraction of sp³-hybridized carbons (Fsp3) is 0.294. The van der Waals surface area contributed by atoms with Crippen LogP contribution in [0.2, 0.25) is 0 Å². The van der Waals surface area contributed by atoms with Gasteiger partial charge in [-0.15, -0.1) is 0 Å². The molecule has 0 saturated carbocycles. The van der Waals surface area contributed by atoms with E-state index in [1.807, 2.05) is 36.4 Å². The molecule has 2 aromatic rings. The van der Waals surface area contributed by atoms with Gasteiger partial charge in [0.25, 0.3) is 0 Å². The first-order valence-electron chi connectivity index (χ1n) is 7.39. The number of hydrogen-bond acceptors (Lipinski definition) is 3. The van der Waals surface area contributed by atoms with Crippen LogP contribution in [0.15, 0.2) is 36.4 Å². The Balaban J connectivity index is 2.12. The Morgan fingerprint density at radius 2 is 1.91 bits per heavy atom. The zero-order valence-corrected chi connectivity index (χ0v) is 13.2. The van der Waals surface area contributed by atoms with Crippen LogP contribution in [0.5, 0.6) is 5.75 Å². The lowest BCUT2D eigenvalue weighted by molar-refractivity contribution is 0.383. The molecule has 4 nitrogen and oxygen atoms in total. The molecule has 5 heteroatoms. The maximum Gasteiger partial charge on any atom is 0.446 e. The van der Waals surface area contributed by atoms with Gasteiger partial charge in [-0.3, -0.25) is 4.55 Å². The van der Waals surface area contributed by atoms with Gasteiger partial charge in [0.1, 0.15) is 0 Å². The van der Waals surface area contributed by atoms with Gasteiger partial charge < -0.3 is 4.18 Å². The molecule has 0 fully saturated rings. The topological polar surface area (TPSA) is 63.6 Å². The molecule has 0 aromatic heterocycles. The highest BCUT2D eigenvalue weighted by molar-refractivity contribution is 7.81. The van der Waals surface area contributed by atoms with Crippen molar-refractivity contribution in [3.05, 3.63) is 53.1 Å². The normalized spacial score (nSPS) is 12.8. The Morgan fingerprint density at radius 1 is 1.14 bits per heavy atom. The molecule has 0 amide bonds. The minimum Gasteiger partial charge on any atom is -0.361 e. The summed E-state index contributed by atoms with van der Waals surface area (Å²) in [6.07, 6.45) is 3.29. The van der Waals surface area contributed by atoms with E-state index in [1.165, 1.54) is 0 Å². The van der Waals surface area contributed by atoms with Crippen molar-refractivity contribution in [3.63, 3.8) is 0 Å². The number of fused-ring (bicyclic) bond motifs is 3. The largest absolute Gasteiger partial charge is 0.446 e. The number of hydrogen-bond donors (Lipinski definition) is 1. The van der Waals surface area contributed by atoms with Crippen molar-refractivity contribution >= 4 is 10.4 Å². The first-order valence-corrected chi connectivity index (χ1v) is 8.76. The highest BCUT2D eigenvalue weighted by atomic mass is 32.3. The van der Waals surface area contributed by atoms with Crippen molar-refractivity contribution in [1.82, 2.24) is 0 Å². The van der Waals surface area contributed by atoms with Gasteiger partial charge in [-0.2, -0.15) is 8.42 Å². The Kier molecular flexibility index (Phi) is 3.93. The summed E-state index contributed by atoms with van der Waals surface area (Å²) in [6.45, 7) is 2.08. The third-order valence-corrected chi connectivity index (χ3v) is 4.38. The van der Waals surface area contributed by atoms with Crippen LogP contribution in [0.25, 0.3) is 11.1 Å². The van der Waals surface area contributed by atoms with E-state index in [2.05, 4.69) is 6.92 Å². The second-order valence-corrected chi connectivity index (χ2v) is 6.55. The van der Waals surface area contributed by atoms with Crippen molar-refractivity contribution in [2.45, 2.75) is 32.6 Å². The lowest BCUT2D eigenvalue weighted by Crippen LogP contribution is -2.10. The molecule has 22 heavy (non-hydrogen) atoms. The van der Waals surface area contributed by atoms with E-state index >= 15 is 0 Å². The van der Waals surface area contributed by atoms with Gasteiger partial charge in [-0.25, -0.2) is 0 Å². The third kappa shape index (κ3) is 2.87. The van der Waals surface area contributed by atoms with Crippen LogP contribution >= 0.6 is 0 Å². The van der Waals surface area contributed by atoms with Gasteiger partial charge in [-0.05, 0) is 35.1 Å². The van der Waals surface area contributed by atoms with E-state index in [4.69, 9.17) is 8.74 Å². The van der Waals surface area contributed by atoms with Crippen LogP contribution < -0.4 is 4.18 Å². The lowest BCUT2D eigenvalue weighted by atomic mass is 9.99. The SMILES string of the molecule is CCCCc1ccc2c(c1OS(=O)(=O)O)Cc1ccccc1-2. The molecule has 2 aromatic carbocycles. The van der Waals surface area contributed by atoms with E-state index in [9.17, 15) is 8.42 Å². The molecule has 0 heterocycles. The van der Waals surface area contributed by atoms with Gasteiger partial charge in [0.15, 0.2) is 5.75 Å². The van der Waals surface area contributed by atoms with E-state index in [1.54, 1.807) is 0 Å². The summed E-state index contributed by atoms with van der Waals surface area (Å²) in [6, 6.07) is 11.9. The average Bonchev–Trinajstić information content (AvgIpc) is 2.84. The molecule has 0 unspecified atom stereocenters. The first-order chi connectivity index (χ1) is 10.5. The third-order valence-electron chi connectivity index (χ3n) is 4.01. The Bertz CT molecular complexity index is 809. The highest BCUT2D eigenvalue weighted by Crippen LogP contribution is 2.43. The van der Waals surface area contributed by atoms with Crippen molar-refractivity contribution < 1.29 is 17.2 Å². The monoisotopic (exact) mass is 318 g/mol. The van der Waals surface area contributed by atoms with E-state index in [-0.39, 0.29) is 0 Å². The molecule has 0 aliphatic heterocycles. The van der Waals surface area contributed by atoms with Crippen LogP contribution in [-0.4, -0.2) is 13.0 Å². The predicted molar refractivity (Wildman–Crippen MR) is 85.5 cm³/mol. The second-order valence-electron chi connectivity index (χ2n) is 5.53. The second kappa shape index (κ2) is 5.74. The molecule has 1 aliphatic rings. The van der Waals surface area contributed by atoms with Gasteiger partial charge in [0, 0.05) is 12.0 Å². The molecule has 0 bridgehead atoms. The summed E-state index contributed by atoms with van der Waals surface area (Å²) in [5.74, 6) is 0.296. The number of rotatable bonds is 5. The molecule has 1 N–H and O–H groups in total. The van der Waals surface area contributed by atoms with Crippen LogP contribution in [0, 0.1) is 0 Å². The van der Waals surface area contributed by atoms with Crippen LogP contribution in [0.4, 0.5) is 0 Å². The highest BCUT2D eigenvalue weighted by Gasteiger charge is 2.25. The zero-order chi connectivity index (χ0) is 15.7. The summed E-state index contributed by atoms with van der Waals surface area (Å²) < 4.78 is 36.5. The number of aryl methyl sites for hydroxylation is 1. The fourth-order valence-electron chi connectivity index (χ4n) is 3.01. The van der Waals surface area contributed by atoms with Crippen LogP contribution in [0.3, 0.4) is 0 Å². The summed E-state index contributed by atoms with van der Waals surface area (Å²) in [7, 11) is -4.53. The fourth-order valence-corrected chi connectivity index (χ4v) is 3.42. The van der Waals surface area contributed by atoms with E-state index in [0.717, 1.165) is 47.1 Å². The minimum absolute atomic E-state index is 0.296. The molecular formula is C17H18O4S. The molecule has 3 rings (SSSR count). The summed E-state index contributed by atoms with van der Waals surface area (Å²) in [5.41, 5.74) is 4.89. The molecule has 0 spiro atoms. The van der Waals surface area contributed by atoms with E-state index < -0.39 is 10.4 Å². The van der Waals surface area contributed by atoms with Crippen LogP contribution in [-0.2, 0) is 23.2 Å². The average molecular weight is 318 g/mol. The number of unbranched alkanes of at least 4 members (excludes halogenated alkanes) is 1. The van der Waals surface area contributed by atoms with Crippen molar-refractivity contribution in [1.29, 1.82) is 0 Å².